The monoisotopic (exact) mass is 672 g/mol. The van der Waals surface area contributed by atoms with Gasteiger partial charge in [0.15, 0.2) is 0 Å². The van der Waals surface area contributed by atoms with E-state index in [1.807, 2.05) is 65.8 Å². The molecule has 2 amide bonds. The Bertz CT molecular complexity index is 1290. The summed E-state index contributed by atoms with van der Waals surface area (Å²) in [6.45, 7) is 22.6. The van der Waals surface area contributed by atoms with E-state index in [4.69, 9.17) is 9.47 Å². The quantitative estimate of drug-likeness (QED) is 0.162. The molecular formula is C36H52N2O6S2. The van der Waals surface area contributed by atoms with Crippen molar-refractivity contribution >= 4 is 45.3 Å². The van der Waals surface area contributed by atoms with E-state index >= 15 is 0 Å². The van der Waals surface area contributed by atoms with E-state index in [2.05, 4.69) is 10.6 Å². The van der Waals surface area contributed by atoms with Crippen LogP contribution >= 0.6 is 21.6 Å². The maximum absolute atomic E-state index is 13.6. The first-order valence-electron chi connectivity index (χ1n) is 15.8. The normalized spacial score (nSPS) is 13.3. The number of carbonyl (C=O) groups excluding carboxylic acids is 4. The third-order valence-corrected chi connectivity index (χ3v) is 8.84. The largest absolute Gasteiger partial charge is 0.458 e. The van der Waals surface area contributed by atoms with Crippen molar-refractivity contribution in [2.75, 3.05) is 0 Å². The molecule has 0 unspecified atom stereocenters. The minimum absolute atomic E-state index is 0.154. The van der Waals surface area contributed by atoms with Crippen molar-refractivity contribution in [2.45, 2.75) is 129 Å². The number of ether oxygens (including phenoxy) is 2. The average molecular weight is 673 g/mol. The molecule has 2 rings (SSSR count). The third kappa shape index (κ3) is 13.4. The Morgan fingerprint density at radius 3 is 1.24 bits per heavy atom. The zero-order chi connectivity index (χ0) is 35.0. The molecule has 2 aromatic carbocycles. The topological polar surface area (TPSA) is 111 Å². The molecule has 254 valence electrons. The van der Waals surface area contributed by atoms with Crippen LogP contribution in [-0.4, -0.2) is 47.0 Å². The zero-order valence-corrected chi connectivity index (χ0v) is 31.1. The van der Waals surface area contributed by atoms with E-state index in [0.717, 1.165) is 11.1 Å². The van der Waals surface area contributed by atoms with Crippen LogP contribution in [0.5, 0.6) is 0 Å². The van der Waals surface area contributed by atoms with Gasteiger partial charge in [-0.05, 0) is 115 Å². The van der Waals surface area contributed by atoms with E-state index in [0.29, 0.717) is 33.8 Å². The first-order valence-corrected chi connectivity index (χ1v) is 17.9. The number of benzene rings is 2. The molecule has 46 heavy (non-hydrogen) atoms. The molecule has 0 aliphatic heterocycles. The number of aryl methyl sites for hydroxylation is 2. The Morgan fingerprint density at radius 2 is 0.957 bits per heavy atom. The van der Waals surface area contributed by atoms with Gasteiger partial charge in [0.05, 0.1) is 11.1 Å². The van der Waals surface area contributed by atoms with E-state index < -0.39 is 35.2 Å². The fourth-order valence-electron chi connectivity index (χ4n) is 4.45. The first kappa shape index (κ1) is 39.2. The summed E-state index contributed by atoms with van der Waals surface area (Å²) in [4.78, 5) is 54.5. The molecule has 0 aromatic heterocycles. The molecule has 0 bridgehead atoms. The van der Waals surface area contributed by atoms with Crippen molar-refractivity contribution < 1.29 is 28.7 Å². The summed E-state index contributed by atoms with van der Waals surface area (Å²) in [5, 5.41) is 5.81. The summed E-state index contributed by atoms with van der Waals surface area (Å²) >= 11 is 0. The molecule has 2 aromatic rings. The molecule has 0 aliphatic carbocycles. The van der Waals surface area contributed by atoms with Gasteiger partial charge in [-0.2, -0.15) is 0 Å². The minimum atomic E-state index is -0.797. The SMILES string of the molecule is Cc1ccc(C(=O)N[C@@H](CC(C)C)C(=O)OC(C)(C)C)c(SSc2cc(C)ccc2C(=O)N[C@H](CC(C)C)C(=O)OC(C)(C)C)c1. The Balaban J connectivity index is 2.34. The molecule has 8 nitrogen and oxygen atoms in total. The van der Waals surface area contributed by atoms with Crippen LogP contribution in [0.25, 0.3) is 0 Å². The molecule has 0 radical (unpaired) electrons. The van der Waals surface area contributed by atoms with Crippen LogP contribution in [0.15, 0.2) is 46.2 Å². The van der Waals surface area contributed by atoms with Crippen LogP contribution in [0, 0.1) is 25.7 Å². The highest BCUT2D eigenvalue weighted by Crippen LogP contribution is 2.41. The van der Waals surface area contributed by atoms with E-state index in [-0.39, 0.29) is 23.7 Å². The van der Waals surface area contributed by atoms with Crippen LogP contribution < -0.4 is 10.6 Å². The van der Waals surface area contributed by atoms with Crippen molar-refractivity contribution in [1.29, 1.82) is 0 Å². The Labute approximate surface area is 283 Å². The molecule has 0 aliphatic rings. The lowest BCUT2D eigenvalue weighted by atomic mass is 10.0. The fourth-order valence-corrected chi connectivity index (χ4v) is 6.97. The van der Waals surface area contributed by atoms with E-state index in [9.17, 15) is 19.2 Å². The molecule has 0 saturated carbocycles. The molecular weight excluding hydrogens is 621 g/mol. The first-order chi connectivity index (χ1) is 21.1. The van der Waals surface area contributed by atoms with Gasteiger partial charge in [-0.15, -0.1) is 0 Å². The summed E-state index contributed by atoms with van der Waals surface area (Å²) in [7, 11) is 2.71. The van der Waals surface area contributed by atoms with Gasteiger partial charge in [-0.1, -0.05) is 61.4 Å². The summed E-state index contributed by atoms with van der Waals surface area (Å²) in [5.74, 6) is -1.39. The van der Waals surface area contributed by atoms with Crippen LogP contribution in [0.1, 0.15) is 114 Å². The van der Waals surface area contributed by atoms with E-state index in [1.54, 1.807) is 53.7 Å². The summed E-state index contributed by atoms with van der Waals surface area (Å²) in [5.41, 5.74) is 1.39. The Morgan fingerprint density at radius 1 is 0.630 bits per heavy atom. The lowest BCUT2D eigenvalue weighted by molar-refractivity contribution is -0.158. The average Bonchev–Trinajstić information content (AvgIpc) is 2.88. The lowest BCUT2D eigenvalue weighted by Gasteiger charge is -2.26. The molecule has 10 heteroatoms. The highest BCUT2D eigenvalue weighted by atomic mass is 33.1. The number of rotatable bonds is 13. The van der Waals surface area contributed by atoms with Gasteiger partial charge in [0.1, 0.15) is 23.3 Å². The third-order valence-electron chi connectivity index (χ3n) is 6.39. The lowest BCUT2D eigenvalue weighted by Crippen LogP contribution is -2.45. The second-order valence-corrected chi connectivity index (χ2v) is 16.8. The second-order valence-electron chi connectivity index (χ2n) is 14.5. The van der Waals surface area contributed by atoms with Gasteiger partial charge in [0.25, 0.3) is 11.8 Å². The smallest absolute Gasteiger partial charge is 0.329 e. The van der Waals surface area contributed by atoms with Crippen molar-refractivity contribution in [3.05, 3.63) is 58.7 Å². The van der Waals surface area contributed by atoms with Gasteiger partial charge >= 0.3 is 11.9 Å². The summed E-state index contributed by atoms with van der Waals surface area (Å²) < 4.78 is 11.2. The molecule has 0 heterocycles. The van der Waals surface area contributed by atoms with Crippen molar-refractivity contribution in [1.82, 2.24) is 10.6 Å². The predicted molar refractivity (Wildman–Crippen MR) is 187 cm³/mol. The summed E-state index contributed by atoms with van der Waals surface area (Å²) in [6.07, 6.45) is 0.874. The predicted octanol–water partition coefficient (Wildman–Crippen LogP) is 8.08. The number of hydrogen-bond donors (Lipinski definition) is 2. The molecule has 0 fully saturated rings. The maximum atomic E-state index is 13.6. The highest BCUT2D eigenvalue weighted by Gasteiger charge is 2.30. The minimum Gasteiger partial charge on any atom is -0.458 e. The highest BCUT2D eigenvalue weighted by molar-refractivity contribution is 8.76. The second kappa shape index (κ2) is 16.7. The van der Waals surface area contributed by atoms with Gasteiger partial charge in [-0.3, -0.25) is 9.59 Å². The van der Waals surface area contributed by atoms with Crippen LogP contribution in [0.3, 0.4) is 0 Å². The maximum Gasteiger partial charge on any atom is 0.329 e. The molecule has 0 saturated heterocycles. The van der Waals surface area contributed by atoms with Crippen LogP contribution in [0.4, 0.5) is 0 Å². The van der Waals surface area contributed by atoms with Gasteiger partial charge in [0.2, 0.25) is 0 Å². The van der Waals surface area contributed by atoms with Crippen LogP contribution in [-0.2, 0) is 19.1 Å². The van der Waals surface area contributed by atoms with Crippen molar-refractivity contribution in [3.8, 4) is 0 Å². The van der Waals surface area contributed by atoms with Crippen LogP contribution in [0.2, 0.25) is 0 Å². The van der Waals surface area contributed by atoms with Gasteiger partial charge in [0, 0.05) is 9.79 Å². The summed E-state index contributed by atoms with van der Waals surface area (Å²) in [6, 6.07) is 9.43. The molecule has 2 atom stereocenters. The Hall–Kier alpha value is -2.98. The number of esters is 2. The van der Waals surface area contributed by atoms with Gasteiger partial charge < -0.3 is 20.1 Å². The number of nitrogens with one attached hydrogen (secondary N) is 2. The fraction of sp³-hybridized carbons (Fsp3) is 0.556. The number of amides is 2. The van der Waals surface area contributed by atoms with Crippen molar-refractivity contribution in [2.24, 2.45) is 11.8 Å². The standard InChI is InChI=1S/C36H52N2O6S2/c1-21(2)17-27(33(41)43-35(7,8)9)37-31(39)25-15-13-23(5)19-29(25)45-46-30-20-24(6)14-16-26(30)32(40)38-28(18-22(3)4)34(42)44-36(10,11)12/h13-16,19-22,27-28H,17-18H2,1-12H3,(H,37,39)(H,38,40)/t27-,28+. The number of hydrogen-bond acceptors (Lipinski definition) is 8. The van der Waals surface area contributed by atoms with E-state index in [1.165, 1.54) is 21.6 Å². The Kier molecular flexibility index (Phi) is 14.3. The van der Waals surface area contributed by atoms with Gasteiger partial charge in [-0.25, -0.2) is 9.59 Å². The number of carbonyl (C=O) groups is 4. The molecule has 0 spiro atoms. The zero-order valence-electron chi connectivity index (χ0n) is 29.5. The van der Waals surface area contributed by atoms with Crippen molar-refractivity contribution in [3.63, 3.8) is 0 Å². The molecule has 2 N–H and O–H groups in total.